The summed E-state index contributed by atoms with van der Waals surface area (Å²) in [5, 5.41) is 15.0. The van der Waals surface area contributed by atoms with Gasteiger partial charge in [-0.15, -0.1) is 0 Å². The molecule has 0 bridgehead atoms. The molecule has 0 saturated carbocycles. The molecule has 2 fully saturated rings. The highest BCUT2D eigenvalue weighted by molar-refractivity contribution is 5.85. The maximum Gasteiger partial charge on any atom is 0.410 e. The molecule has 2 aromatic rings. The predicted molar refractivity (Wildman–Crippen MR) is 178 cm³/mol. The van der Waals surface area contributed by atoms with Gasteiger partial charge in [0.25, 0.3) is 0 Å². The van der Waals surface area contributed by atoms with Crippen molar-refractivity contribution in [3.63, 3.8) is 0 Å². The van der Waals surface area contributed by atoms with Gasteiger partial charge < -0.3 is 29.5 Å². The second-order valence-electron chi connectivity index (χ2n) is 15.0. The molecule has 2 heterocycles. The fraction of sp³-hybridized carbons (Fsp3) is 0.583. The number of benzene rings is 2. The zero-order valence-electron chi connectivity index (χ0n) is 29.6. The van der Waals surface area contributed by atoms with E-state index in [2.05, 4.69) is 5.32 Å². The monoisotopic (exact) mass is 688 g/mol. The molecule has 2 saturated heterocycles. The average molecular weight is 689 g/mol. The van der Waals surface area contributed by atoms with Crippen LogP contribution in [0.3, 0.4) is 0 Å². The van der Waals surface area contributed by atoms with Crippen LogP contribution in [0.5, 0.6) is 5.75 Å². The van der Waals surface area contributed by atoms with E-state index in [1.807, 2.05) is 56.0 Å². The Hall–Kier alpha value is -3.97. The number of carbonyl (C=O) groups is 3. The minimum absolute atomic E-state index is 0.0438. The Kier molecular flexibility index (Phi) is 11.8. The molecular formula is C36H50F2N4O7. The first-order valence-corrected chi connectivity index (χ1v) is 16.6. The van der Waals surface area contributed by atoms with Crippen molar-refractivity contribution in [3.8, 4) is 5.75 Å². The van der Waals surface area contributed by atoms with Gasteiger partial charge in [0.1, 0.15) is 30.2 Å². The van der Waals surface area contributed by atoms with Crippen LogP contribution in [0, 0.1) is 23.0 Å². The molecule has 2 N–H and O–H groups in total. The lowest BCUT2D eigenvalue weighted by Gasteiger charge is -2.42. The van der Waals surface area contributed by atoms with Gasteiger partial charge in [-0.05, 0) is 57.2 Å². The molecule has 0 radical (unpaired) electrons. The van der Waals surface area contributed by atoms with E-state index < -0.39 is 65.1 Å². The Labute approximate surface area is 287 Å². The Morgan fingerprint density at radius 3 is 2.33 bits per heavy atom. The average Bonchev–Trinajstić information content (AvgIpc) is 3.62. The minimum atomic E-state index is -1.19. The summed E-state index contributed by atoms with van der Waals surface area (Å²) in [7, 11) is 1.48. The highest BCUT2D eigenvalue weighted by Gasteiger charge is 2.54. The van der Waals surface area contributed by atoms with E-state index in [1.165, 1.54) is 18.0 Å². The van der Waals surface area contributed by atoms with Gasteiger partial charge in [0, 0.05) is 38.2 Å². The summed E-state index contributed by atoms with van der Waals surface area (Å²) >= 11 is 0. The number of hydrogen-bond acceptors (Lipinski definition) is 8. The third-order valence-corrected chi connectivity index (χ3v) is 9.08. The van der Waals surface area contributed by atoms with Crippen LogP contribution in [-0.4, -0.2) is 101 Å². The zero-order valence-corrected chi connectivity index (χ0v) is 29.6. The number of nitrogens with zero attached hydrogens (tertiary/aromatic N) is 3. The second kappa shape index (κ2) is 15.3. The van der Waals surface area contributed by atoms with Crippen molar-refractivity contribution in [2.75, 3.05) is 26.7 Å². The number of rotatable bonds is 10. The lowest BCUT2D eigenvalue weighted by atomic mass is 9.84. The molecule has 270 valence electrons. The Morgan fingerprint density at radius 1 is 1.04 bits per heavy atom. The molecule has 13 heteroatoms. The number of amides is 3. The van der Waals surface area contributed by atoms with Gasteiger partial charge in [0.05, 0.1) is 18.7 Å². The molecular weight excluding hydrogens is 638 g/mol. The summed E-state index contributed by atoms with van der Waals surface area (Å²) in [6.07, 6.45) is -1.83. The van der Waals surface area contributed by atoms with Crippen LogP contribution < -0.4 is 10.1 Å². The van der Waals surface area contributed by atoms with E-state index in [-0.39, 0.29) is 37.5 Å². The number of fused-ring (bicyclic) bond motifs is 1. The summed E-state index contributed by atoms with van der Waals surface area (Å²) in [5.74, 6) is -2.73. The normalized spacial score (nSPS) is 21.4. The van der Waals surface area contributed by atoms with Crippen LogP contribution in [0.2, 0.25) is 0 Å². The van der Waals surface area contributed by atoms with Crippen molar-refractivity contribution in [2.45, 2.75) is 97.5 Å². The van der Waals surface area contributed by atoms with Crippen molar-refractivity contribution in [1.82, 2.24) is 20.0 Å². The first-order chi connectivity index (χ1) is 22.9. The van der Waals surface area contributed by atoms with Gasteiger partial charge in [0.15, 0.2) is 11.6 Å². The number of ether oxygens (including phenoxy) is 3. The summed E-state index contributed by atoms with van der Waals surface area (Å²) < 4.78 is 44.6. The number of likely N-dealkylation sites (N-methyl/N-ethyl adjacent to an activating group) is 1. The van der Waals surface area contributed by atoms with Gasteiger partial charge in [-0.1, -0.05) is 51.1 Å². The topological polar surface area (TPSA) is 121 Å². The van der Waals surface area contributed by atoms with Gasteiger partial charge in [-0.2, -0.15) is 0 Å². The van der Waals surface area contributed by atoms with Gasteiger partial charge in [-0.25, -0.2) is 18.4 Å². The highest BCUT2D eigenvalue weighted by Crippen LogP contribution is 2.39. The predicted octanol–water partition coefficient (Wildman–Crippen LogP) is 5.16. The van der Waals surface area contributed by atoms with Gasteiger partial charge in [-0.3, -0.25) is 14.6 Å². The molecule has 0 aliphatic carbocycles. The van der Waals surface area contributed by atoms with E-state index >= 15 is 0 Å². The standard InChI is InChI=1S/C36H50F2N4O7/c1-22(40(8)33(45)49-36(5,6)7)31(43)39-30(35(2,3)4)32(44)41-17-16-28-29(41)24(21-47-25-14-15-26(37)27(38)18-25)19-42(28)34(46)48-20-23-12-10-9-11-13-23/h9-15,18,22,24,28-30,32,44H,16-17,19-21H2,1-8H3,(H,39,43). The fourth-order valence-electron chi connectivity index (χ4n) is 6.36. The van der Waals surface area contributed by atoms with E-state index in [1.54, 1.807) is 32.6 Å². The smallest absolute Gasteiger partial charge is 0.410 e. The lowest BCUT2D eigenvalue weighted by Crippen LogP contribution is -2.62. The summed E-state index contributed by atoms with van der Waals surface area (Å²) in [5.41, 5.74) is -0.544. The largest absolute Gasteiger partial charge is 0.493 e. The molecule has 6 atom stereocenters. The maximum absolute atomic E-state index is 14.0. The quantitative estimate of drug-likeness (QED) is 0.352. The van der Waals surface area contributed by atoms with E-state index in [0.29, 0.717) is 13.0 Å². The molecule has 4 rings (SSSR count). The van der Waals surface area contributed by atoms with Crippen LogP contribution in [0.15, 0.2) is 48.5 Å². The number of halogens is 2. The molecule has 2 aliphatic heterocycles. The van der Waals surface area contributed by atoms with Crippen molar-refractivity contribution in [1.29, 1.82) is 0 Å². The summed E-state index contributed by atoms with van der Waals surface area (Å²) in [6.45, 7) is 13.2. The van der Waals surface area contributed by atoms with Crippen molar-refractivity contribution in [3.05, 3.63) is 65.7 Å². The fourth-order valence-corrected chi connectivity index (χ4v) is 6.36. The van der Waals surface area contributed by atoms with E-state index in [0.717, 1.165) is 17.7 Å². The van der Waals surface area contributed by atoms with Crippen LogP contribution in [0.1, 0.15) is 60.5 Å². The van der Waals surface area contributed by atoms with Crippen molar-refractivity contribution in [2.24, 2.45) is 11.3 Å². The Balaban J connectivity index is 1.54. The number of carbonyl (C=O) groups excluding carboxylic acids is 3. The maximum atomic E-state index is 14.0. The number of nitrogens with one attached hydrogen (secondary N) is 1. The van der Waals surface area contributed by atoms with Crippen LogP contribution in [-0.2, 0) is 20.9 Å². The zero-order chi connectivity index (χ0) is 36.3. The van der Waals surface area contributed by atoms with Gasteiger partial charge >= 0.3 is 12.2 Å². The first-order valence-electron chi connectivity index (χ1n) is 16.6. The SMILES string of the molecule is CC(C(=O)NC(C(O)N1CCC2C1C(COc1ccc(F)c(F)c1)CN2C(=O)OCc1ccccc1)C(C)(C)C)N(C)C(=O)OC(C)(C)C. The first kappa shape index (κ1) is 37.8. The number of likely N-dealkylation sites (tertiary alicyclic amines) is 2. The summed E-state index contributed by atoms with van der Waals surface area (Å²) in [4.78, 5) is 44.4. The van der Waals surface area contributed by atoms with E-state index in [9.17, 15) is 28.3 Å². The van der Waals surface area contributed by atoms with Crippen molar-refractivity contribution < 1.29 is 42.5 Å². The highest BCUT2D eigenvalue weighted by atomic mass is 19.2. The van der Waals surface area contributed by atoms with Crippen LogP contribution in [0.4, 0.5) is 18.4 Å². The van der Waals surface area contributed by atoms with Crippen LogP contribution in [0.25, 0.3) is 0 Å². The van der Waals surface area contributed by atoms with E-state index in [4.69, 9.17) is 14.2 Å². The second-order valence-corrected chi connectivity index (χ2v) is 15.0. The molecule has 49 heavy (non-hydrogen) atoms. The molecule has 11 nitrogen and oxygen atoms in total. The molecule has 3 amide bonds. The molecule has 0 aromatic heterocycles. The molecule has 0 spiro atoms. The number of aliphatic hydroxyl groups excluding tert-OH is 1. The third kappa shape index (κ3) is 9.39. The summed E-state index contributed by atoms with van der Waals surface area (Å²) in [6, 6.07) is 10.1. The van der Waals surface area contributed by atoms with Crippen molar-refractivity contribution >= 4 is 18.1 Å². The number of hydrogen-bond donors (Lipinski definition) is 2. The molecule has 2 aliphatic rings. The molecule has 6 unspecified atom stereocenters. The minimum Gasteiger partial charge on any atom is -0.493 e. The lowest BCUT2D eigenvalue weighted by molar-refractivity contribution is -0.132. The van der Waals surface area contributed by atoms with Crippen LogP contribution >= 0.6 is 0 Å². The number of aliphatic hydroxyl groups is 1. The molecule has 2 aromatic carbocycles. The Morgan fingerprint density at radius 2 is 1.71 bits per heavy atom. The third-order valence-electron chi connectivity index (χ3n) is 9.08. The van der Waals surface area contributed by atoms with Gasteiger partial charge in [0.2, 0.25) is 5.91 Å². The Bertz CT molecular complexity index is 1470.